The van der Waals surface area contributed by atoms with Crippen LogP contribution in [0.1, 0.15) is 21.5 Å². The molecule has 0 aliphatic carbocycles. The fourth-order valence-corrected chi connectivity index (χ4v) is 3.76. The molecule has 0 amide bonds. The molecule has 3 aromatic carbocycles. The maximum absolute atomic E-state index is 12.3. The van der Waals surface area contributed by atoms with Crippen LogP contribution in [0, 0.1) is 0 Å². The smallest absolute Gasteiger partial charge is 0.338 e. The van der Waals surface area contributed by atoms with Crippen molar-refractivity contribution in [2.75, 3.05) is 6.61 Å². The molecule has 34 heavy (non-hydrogen) atoms. The molecule has 1 aliphatic heterocycles. The van der Waals surface area contributed by atoms with Crippen molar-refractivity contribution >= 4 is 5.97 Å². The third kappa shape index (κ3) is 6.28. The summed E-state index contributed by atoms with van der Waals surface area (Å²) in [6, 6.07) is 27.5. The Morgan fingerprint density at radius 3 is 1.79 bits per heavy atom. The Bertz CT molecular complexity index is 1010. The molecule has 1 saturated heterocycles. The van der Waals surface area contributed by atoms with E-state index in [4.69, 9.17) is 18.9 Å². The van der Waals surface area contributed by atoms with Crippen LogP contribution in [0.15, 0.2) is 91.0 Å². The first-order valence-corrected chi connectivity index (χ1v) is 11.2. The second-order valence-corrected chi connectivity index (χ2v) is 8.04. The number of aliphatic hydroxyl groups is 2. The molecule has 178 valence electrons. The average molecular weight is 465 g/mol. The van der Waals surface area contributed by atoms with E-state index in [0.29, 0.717) is 5.56 Å². The van der Waals surface area contributed by atoms with Crippen LogP contribution in [0.25, 0.3) is 0 Å². The zero-order valence-electron chi connectivity index (χ0n) is 18.6. The molecule has 0 unspecified atom stereocenters. The number of hydrogen-bond acceptors (Lipinski definition) is 7. The summed E-state index contributed by atoms with van der Waals surface area (Å²) in [6.45, 7) is 0.164. The molecule has 0 bridgehead atoms. The van der Waals surface area contributed by atoms with E-state index < -0.39 is 36.7 Å². The number of carbonyl (C=O) groups is 1. The Labute approximate surface area is 198 Å². The summed E-state index contributed by atoms with van der Waals surface area (Å²) in [5.41, 5.74) is 2.20. The molecule has 3 aromatic rings. The van der Waals surface area contributed by atoms with E-state index >= 15 is 0 Å². The van der Waals surface area contributed by atoms with Gasteiger partial charge in [0.05, 0.1) is 18.8 Å². The minimum absolute atomic E-state index is 0.205. The maximum Gasteiger partial charge on any atom is 0.338 e. The van der Waals surface area contributed by atoms with Gasteiger partial charge in [-0.15, -0.1) is 0 Å². The van der Waals surface area contributed by atoms with Gasteiger partial charge in [-0.05, 0) is 23.3 Å². The zero-order chi connectivity index (χ0) is 23.8. The van der Waals surface area contributed by atoms with E-state index in [0.717, 1.165) is 11.1 Å². The molecule has 0 saturated carbocycles. The molecule has 2 N–H and O–H groups in total. The number of rotatable bonds is 9. The summed E-state index contributed by atoms with van der Waals surface area (Å²) in [6.07, 6.45) is -5.42. The third-order valence-electron chi connectivity index (χ3n) is 5.60. The van der Waals surface area contributed by atoms with Gasteiger partial charge in [-0.2, -0.15) is 0 Å². The Morgan fingerprint density at radius 2 is 1.24 bits per heavy atom. The van der Waals surface area contributed by atoms with Crippen molar-refractivity contribution in [3.8, 4) is 0 Å². The van der Waals surface area contributed by atoms with Crippen molar-refractivity contribution < 1.29 is 34.0 Å². The summed E-state index contributed by atoms with van der Waals surface area (Å²) >= 11 is 0. The lowest BCUT2D eigenvalue weighted by Gasteiger charge is -2.42. The van der Waals surface area contributed by atoms with E-state index in [1.807, 2.05) is 60.7 Å². The monoisotopic (exact) mass is 464 g/mol. The number of carbonyl (C=O) groups excluding carboxylic acids is 1. The van der Waals surface area contributed by atoms with Crippen molar-refractivity contribution in [2.24, 2.45) is 0 Å². The van der Waals surface area contributed by atoms with Crippen LogP contribution in [0.2, 0.25) is 0 Å². The van der Waals surface area contributed by atoms with Gasteiger partial charge in [0.25, 0.3) is 0 Å². The Morgan fingerprint density at radius 1 is 0.735 bits per heavy atom. The average Bonchev–Trinajstić information content (AvgIpc) is 2.89. The molecule has 0 radical (unpaired) electrons. The molecule has 1 heterocycles. The Kier molecular flexibility index (Phi) is 8.41. The second-order valence-electron chi connectivity index (χ2n) is 8.04. The number of ether oxygens (including phenoxy) is 4. The molecule has 1 fully saturated rings. The molecule has 4 rings (SSSR count). The van der Waals surface area contributed by atoms with E-state index in [1.54, 1.807) is 30.3 Å². The predicted molar refractivity (Wildman–Crippen MR) is 124 cm³/mol. The van der Waals surface area contributed by atoms with Crippen molar-refractivity contribution in [3.63, 3.8) is 0 Å². The molecule has 1 aliphatic rings. The molecular formula is C27H28O7. The fraction of sp³-hybridized carbons (Fsp3) is 0.296. The van der Waals surface area contributed by atoms with Gasteiger partial charge < -0.3 is 29.2 Å². The van der Waals surface area contributed by atoms with Crippen LogP contribution in [-0.4, -0.2) is 53.5 Å². The molecule has 7 heteroatoms. The summed E-state index contributed by atoms with van der Waals surface area (Å²) in [5, 5.41) is 21.7. The van der Waals surface area contributed by atoms with Gasteiger partial charge in [0.1, 0.15) is 31.0 Å². The van der Waals surface area contributed by atoms with E-state index in [1.165, 1.54) is 0 Å². The first-order valence-electron chi connectivity index (χ1n) is 11.2. The normalized spacial score (nSPS) is 24.5. The number of aliphatic hydroxyl groups excluding tert-OH is 2. The van der Waals surface area contributed by atoms with Gasteiger partial charge in [-0.1, -0.05) is 78.9 Å². The Hall–Kier alpha value is -3.07. The fourth-order valence-electron chi connectivity index (χ4n) is 3.76. The minimum atomic E-state index is -1.38. The lowest BCUT2D eigenvalue weighted by atomic mass is 9.98. The predicted octanol–water partition coefficient (Wildman–Crippen LogP) is 3.09. The van der Waals surface area contributed by atoms with Crippen molar-refractivity contribution in [1.29, 1.82) is 0 Å². The highest BCUT2D eigenvalue weighted by atomic mass is 16.7. The summed E-state index contributed by atoms with van der Waals surface area (Å²) < 4.78 is 22.9. The number of hydrogen-bond donors (Lipinski definition) is 2. The van der Waals surface area contributed by atoms with E-state index in [2.05, 4.69) is 0 Å². The summed E-state index contributed by atoms with van der Waals surface area (Å²) in [5.74, 6) is -0.546. The van der Waals surface area contributed by atoms with Crippen LogP contribution in [-0.2, 0) is 32.2 Å². The summed E-state index contributed by atoms with van der Waals surface area (Å²) in [7, 11) is 0. The molecule has 7 nitrogen and oxygen atoms in total. The Balaban J connectivity index is 1.44. The van der Waals surface area contributed by atoms with Crippen LogP contribution < -0.4 is 0 Å². The number of esters is 1. The van der Waals surface area contributed by atoms with Gasteiger partial charge in [0.2, 0.25) is 0 Å². The first kappa shape index (κ1) is 24.1. The van der Waals surface area contributed by atoms with Crippen molar-refractivity contribution in [3.05, 3.63) is 108 Å². The first-order chi connectivity index (χ1) is 16.6. The lowest BCUT2D eigenvalue weighted by molar-refractivity contribution is -0.307. The molecule has 0 spiro atoms. The van der Waals surface area contributed by atoms with Crippen molar-refractivity contribution in [2.45, 2.75) is 43.9 Å². The van der Waals surface area contributed by atoms with Gasteiger partial charge in [0, 0.05) is 0 Å². The highest BCUT2D eigenvalue weighted by Crippen LogP contribution is 2.27. The lowest BCUT2D eigenvalue weighted by Crippen LogP contribution is -2.60. The zero-order valence-corrected chi connectivity index (χ0v) is 18.6. The van der Waals surface area contributed by atoms with Gasteiger partial charge in [-0.25, -0.2) is 4.79 Å². The second kappa shape index (κ2) is 11.9. The van der Waals surface area contributed by atoms with Crippen LogP contribution in [0.4, 0.5) is 0 Å². The largest absolute Gasteiger partial charge is 0.459 e. The summed E-state index contributed by atoms with van der Waals surface area (Å²) in [4.78, 5) is 12.3. The van der Waals surface area contributed by atoms with Crippen LogP contribution in [0.3, 0.4) is 0 Å². The standard InChI is InChI=1S/C27H28O7/c28-23-22(18-33-26(29)21-14-8-3-9-15-21)34-27(30)25(32-17-20-12-6-2-7-13-20)24(23)31-16-19-10-4-1-5-11-19/h1-15,22-25,27-28,30H,16-18H2/t22-,23+,24-,25-,27+/m1/s1. The van der Waals surface area contributed by atoms with Gasteiger partial charge in [0.15, 0.2) is 6.29 Å². The molecular weight excluding hydrogens is 436 g/mol. The quantitative estimate of drug-likeness (QED) is 0.470. The van der Waals surface area contributed by atoms with Gasteiger partial charge in [-0.3, -0.25) is 0 Å². The topological polar surface area (TPSA) is 94.5 Å². The SMILES string of the molecule is O=C(OC[C@H]1O[C@H](O)[C@H](OCc2ccccc2)[C@H](OCc2ccccc2)[C@H]1O)c1ccccc1. The van der Waals surface area contributed by atoms with Crippen molar-refractivity contribution in [1.82, 2.24) is 0 Å². The third-order valence-corrected chi connectivity index (χ3v) is 5.60. The highest BCUT2D eigenvalue weighted by Gasteiger charge is 2.46. The van der Waals surface area contributed by atoms with E-state index in [-0.39, 0.29) is 19.8 Å². The molecule has 5 atom stereocenters. The van der Waals surface area contributed by atoms with Gasteiger partial charge >= 0.3 is 5.97 Å². The molecule has 0 aromatic heterocycles. The van der Waals surface area contributed by atoms with Crippen LogP contribution in [0.5, 0.6) is 0 Å². The minimum Gasteiger partial charge on any atom is -0.459 e. The van der Waals surface area contributed by atoms with E-state index in [9.17, 15) is 15.0 Å². The maximum atomic E-state index is 12.3. The highest BCUT2D eigenvalue weighted by molar-refractivity contribution is 5.89. The number of benzene rings is 3. The van der Waals surface area contributed by atoms with Crippen LogP contribution >= 0.6 is 0 Å².